The van der Waals surface area contributed by atoms with E-state index in [1.54, 1.807) is 25.3 Å². The van der Waals surface area contributed by atoms with E-state index in [-0.39, 0.29) is 5.91 Å². The number of fused-ring (bicyclic) bond motifs is 1. The van der Waals surface area contributed by atoms with Crippen molar-refractivity contribution >= 4 is 55.7 Å². The molecule has 5 rings (SSSR count). The second-order valence-corrected chi connectivity index (χ2v) is 9.13. The maximum Gasteiger partial charge on any atom is 0.265 e. The number of nitrogens with one attached hydrogen (secondary N) is 2. The largest absolute Gasteiger partial charge is 0.493 e. The Kier molecular flexibility index (Phi) is 5.45. The van der Waals surface area contributed by atoms with Gasteiger partial charge in [-0.05, 0) is 43.3 Å². The number of thiazole rings is 1. The van der Waals surface area contributed by atoms with Gasteiger partial charge in [-0.15, -0.1) is 22.7 Å². The van der Waals surface area contributed by atoms with Crippen LogP contribution in [0.3, 0.4) is 0 Å². The van der Waals surface area contributed by atoms with Gasteiger partial charge >= 0.3 is 0 Å². The first kappa shape index (κ1) is 21.0. The molecule has 166 valence electrons. The van der Waals surface area contributed by atoms with Crippen molar-refractivity contribution in [3.8, 4) is 17.1 Å². The van der Waals surface area contributed by atoms with Gasteiger partial charge in [-0.3, -0.25) is 9.20 Å². The van der Waals surface area contributed by atoms with E-state index in [0.29, 0.717) is 22.0 Å². The molecule has 1 aromatic carbocycles. The van der Waals surface area contributed by atoms with Gasteiger partial charge in [-0.25, -0.2) is 9.97 Å². The van der Waals surface area contributed by atoms with Crippen LogP contribution in [0.5, 0.6) is 5.75 Å². The van der Waals surface area contributed by atoms with Gasteiger partial charge in [0.1, 0.15) is 5.69 Å². The molecule has 0 spiro atoms. The number of amides is 1. The van der Waals surface area contributed by atoms with Gasteiger partial charge in [-0.1, -0.05) is 12.1 Å². The van der Waals surface area contributed by atoms with E-state index in [1.165, 1.54) is 22.7 Å². The Morgan fingerprint density at radius 1 is 1.12 bits per heavy atom. The van der Waals surface area contributed by atoms with Crippen molar-refractivity contribution in [2.24, 2.45) is 0 Å². The van der Waals surface area contributed by atoms with Gasteiger partial charge in [-0.2, -0.15) is 0 Å². The Labute approximate surface area is 197 Å². The fourth-order valence-electron chi connectivity index (χ4n) is 3.49. The number of nitrogens with two attached hydrogens (primary N) is 1. The molecule has 0 unspecified atom stereocenters. The third-order valence-electron chi connectivity index (χ3n) is 5.02. The minimum Gasteiger partial charge on any atom is -0.493 e. The van der Waals surface area contributed by atoms with E-state index >= 15 is 0 Å². The van der Waals surface area contributed by atoms with E-state index in [1.807, 2.05) is 53.2 Å². The summed E-state index contributed by atoms with van der Waals surface area (Å²) in [6.07, 6.45) is 1.95. The van der Waals surface area contributed by atoms with Crippen LogP contribution in [0.2, 0.25) is 0 Å². The number of rotatable bonds is 6. The van der Waals surface area contributed by atoms with Crippen LogP contribution < -0.4 is 21.1 Å². The molecule has 0 atom stereocenters. The van der Waals surface area contributed by atoms with Gasteiger partial charge in [0.25, 0.3) is 5.91 Å². The highest BCUT2D eigenvalue weighted by Crippen LogP contribution is 2.33. The van der Waals surface area contributed by atoms with Crippen molar-refractivity contribution in [2.75, 3.05) is 23.5 Å². The summed E-state index contributed by atoms with van der Waals surface area (Å²) in [5, 5.41) is 9.67. The monoisotopic (exact) mass is 476 g/mol. The average molecular weight is 477 g/mol. The predicted molar refractivity (Wildman–Crippen MR) is 134 cm³/mol. The van der Waals surface area contributed by atoms with E-state index in [2.05, 4.69) is 15.6 Å². The van der Waals surface area contributed by atoms with Crippen molar-refractivity contribution in [1.29, 1.82) is 0 Å². The molecule has 0 aliphatic carbocycles. The molecule has 0 radical (unpaired) electrons. The highest BCUT2D eigenvalue weighted by Gasteiger charge is 2.17. The number of pyridine rings is 1. The summed E-state index contributed by atoms with van der Waals surface area (Å²) < 4.78 is 7.41. The molecule has 33 heavy (non-hydrogen) atoms. The maximum atomic E-state index is 12.6. The lowest BCUT2D eigenvalue weighted by molar-refractivity contribution is 0.103. The van der Waals surface area contributed by atoms with Crippen LogP contribution in [0, 0.1) is 6.92 Å². The maximum absolute atomic E-state index is 12.6. The lowest BCUT2D eigenvalue weighted by Crippen LogP contribution is -2.11. The molecule has 5 aromatic rings. The zero-order chi connectivity index (χ0) is 22.9. The number of carbonyl (C=O) groups excluding carboxylic acids is 1. The Morgan fingerprint density at radius 2 is 1.97 bits per heavy atom. The van der Waals surface area contributed by atoms with Crippen LogP contribution in [0.25, 0.3) is 17.0 Å². The summed E-state index contributed by atoms with van der Waals surface area (Å²) >= 11 is 2.83. The van der Waals surface area contributed by atoms with Crippen molar-refractivity contribution in [3.63, 3.8) is 0 Å². The van der Waals surface area contributed by atoms with Crippen molar-refractivity contribution in [1.82, 2.24) is 14.4 Å². The normalized spacial score (nSPS) is 11.0. The smallest absolute Gasteiger partial charge is 0.265 e. The van der Waals surface area contributed by atoms with E-state index in [9.17, 15) is 4.79 Å². The van der Waals surface area contributed by atoms with Crippen LogP contribution in [0.15, 0.2) is 60.1 Å². The lowest BCUT2D eigenvalue weighted by atomic mass is 10.2. The van der Waals surface area contributed by atoms with Crippen LogP contribution in [-0.4, -0.2) is 27.4 Å². The highest BCUT2D eigenvalue weighted by atomic mass is 32.1. The summed E-state index contributed by atoms with van der Waals surface area (Å²) in [6.45, 7) is 1.96. The molecule has 0 bridgehead atoms. The summed E-state index contributed by atoms with van der Waals surface area (Å²) in [5.41, 5.74) is 10.4. The average Bonchev–Trinajstić information content (AvgIpc) is 3.53. The Hall–Kier alpha value is -3.89. The second kappa shape index (κ2) is 8.57. The molecular formula is C23H20N6O2S2. The number of hydrogen-bond acceptors (Lipinski definition) is 8. The minimum absolute atomic E-state index is 0.207. The van der Waals surface area contributed by atoms with E-state index in [4.69, 9.17) is 15.5 Å². The quantitative estimate of drug-likeness (QED) is 0.283. The number of benzene rings is 1. The van der Waals surface area contributed by atoms with Crippen molar-refractivity contribution in [3.05, 3.63) is 70.7 Å². The SMILES string of the molecule is COc1cccn2c(-c3csc(Nc4ccc(C(=O)Nc5ccccc5N)s4)n3)c(C)nc12. The molecule has 4 aromatic heterocycles. The predicted octanol–water partition coefficient (Wildman–Crippen LogP) is 5.41. The molecule has 4 N–H and O–H groups in total. The van der Waals surface area contributed by atoms with Crippen LogP contribution in [0.1, 0.15) is 15.4 Å². The number of ether oxygens (including phenoxy) is 1. The fraction of sp³-hybridized carbons (Fsp3) is 0.0870. The Morgan fingerprint density at radius 3 is 2.79 bits per heavy atom. The summed E-state index contributed by atoms with van der Waals surface area (Å²) in [6, 6.07) is 14.6. The third-order valence-corrected chi connectivity index (χ3v) is 6.78. The number of carbonyl (C=O) groups is 1. The molecule has 10 heteroatoms. The first-order valence-electron chi connectivity index (χ1n) is 10.0. The number of aromatic nitrogens is 3. The highest BCUT2D eigenvalue weighted by molar-refractivity contribution is 7.19. The number of aryl methyl sites for hydroxylation is 1. The Balaban J connectivity index is 1.35. The van der Waals surface area contributed by atoms with E-state index < -0.39 is 0 Å². The molecule has 8 nitrogen and oxygen atoms in total. The number of imidazole rings is 1. The summed E-state index contributed by atoms with van der Waals surface area (Å²) in [5.74, 6) is 0.503. The number of para-hydroxylation sites is 2. The van der Waals surface area contributed by atoms with Crippen molar-refractivity contribution < 1.29 is 9.53 Å². The lowest BCUT2D eigenvalue weighted by Gasteiger charge is -2.06. The molecule has 0 fully saturated rings. The molecule has 0 aliphatic heterocycles. The molecule has 1 amide bonds. The minimum atomic E-state index is -0.207. The van der Waals surface area contributed by atoms with Gasteiger partial charge < -0.3 is 21.1 Å². The van der Waals surface area contributed by atoms with Gasteiger partial charge in [0.05, 0.1) is 39.8 Å². The van der Waals surface area contributed by atoms with E-state index in [0.717, 1.165) is 32.9 Å². The van der Waals surface area contributed by atoms with Gasteiger partial charge in [0.2, 0.25) is 0 Å². The molecule has 4 heterocycles. The summed E-state index contributed by atoms with van der Waals surface area (Å²) in [7, 11) is 1.63. The second-order valence-electron chi connectivity index (χ2n) is 7.18. The number of methoxy groups -OCH3 is 1. The molecular weight excluding hydrogens is 456 g/mol. The first-order chi connectivity index (χ1) is 16.0. The standard InChI is InChI=1S/C23H20N6O2S2/c1-13-20(29-11-5-8-17(31-2)21(29)25-13)16-12-32-23(27-16)28-19-10-9-18(33-19)22(30)26-15-7-4-3-6-14(15)24/h3-12H,24H2,1-2H3,(H,26,30)(H,27,28). The number of anilines is 4. The zero-order valence-corrected chi connectivity index (χ0v) is 19.5. The van der Waals surface area contributed by atoms with Crippen LogP contribution in [-0.2, 0) is 0 Å². The first-order valence-corrected chi connectivity index (χ1v) is 11.7. The van der Waals surface area contributed by atoms with Crippen LogP contribution >= 0.6 is 22.7 Å². The molecule has 0 saturated heterocycles. The number of thiophene rings is 1. The fourth-order valence-corrected chi connectivity index (χ4v) is 5.06. The molecule has 0 aliphatic rings. The number of hydrogen-bond donors (Lipinski definition) is 3. The Bertz CT molecular complexity index is 1470. The molecule has 0 saturated carbocycles. The number of nitrogens with zero attached hydrogens (tertiary/aromatic N) is 3. The third kappa shape index (κ3) is 4.01. The van der Waals surface area contributed by atoms with Crippen LogP contribution in [0.4, 0.5) is 21.5 Å². The van der Waals surface area contributed by atoms with Gasteiger partial charge in [0.15, 0.2) is 16.5 Å². The van der Waals surface area contributed by atoms with Gasteiger partial charge in [0, 0.05) is 11.6 Å². The topological polar surface area (TPSA) is 107 Å². The number of nitrogen functional groups attached to an aromatic ring is 1. The summed E-state index contributed by atoms with van der Waals surface area (Å²) in [4.78, 5) is 22.6. The zero-order valence-electron chi connectivity index (χ0n) is 17.8. The van der Waals surface area contributed by atoms with Crippen molar-refractivity contribution in [2.45, 2.75) is 6.92 Å².